The van der Waals surface area contributed by atoms with Crippen LogP contribution in [0.25, 0.3) is 0 Å². The number of nitrogens with zero attached hydrogens (tertiary/aromatic N) is 1. The summed E-state index contributed by atoms with van der Waals surface area (Å²) < 4.78 is 5.68. The van der Waals surface area contributed by atoms with Crippen molar-refractivity contribution in [2.75, 3.05) is 13.2 Å². The predicted molar refractivity (Wildman–Crippen MR) is 93.5 cm³/mol. The average Bonchev–Trinajstić information content (AvgIpc) is 2.80. The fourth-order valence-electron chi connectivity index (χ4n) is 3.65. The summed E-state index contributed by atoms with van der Waals surface area (Å²) in [6.45, 7) is 3.90. The zero-order valence-electron chi connectivity index (χ0n) is 14.9. The molecule has 1 aliphatic carbocycles. The molecule has 0 bridgehead atoms. The number of aryl methyl sites for hydroxylation is 2. The van der Waals surface area contributed by atoms with Crippen LogP contribution in [0.1, 0.15) is 43.2 Å². The standard InChI is InChI=1S/C19H26N2O4/c1-13-6-7-14(2)16(10-13)25-12-15(22)11-21-17(23)19(20-18(21)24)8-4-3-5-9-19/h6-7,10,15,22H,3-5,8-9,11-12H2,1-2H3,(H,20,24)/t15-/m1/s1. The van der Waals surface area contributed by atoms with Crippen molar-refractivity contribution in [1.29, 1.82) is 0 Å². The van der Waals surface area contributed by atoms with Gasteiger partial charge in [0.2, 0.25) is 0 Å². The second kappa shape index (κ2) is 7.04. The van der Waals surface area contributed by atoms with Crippen LogP contribution in [0.4, 0.5) is 4.79 Å². The Morgan fingerprint density at radius 3 is 2.68 bits per heavy atom. The van der Waals surface area contributed by atoms with Gasteiger partial charge in [-0.3, -0.25) is 9.69 Å². The number of urea groups is 1. The monoisotopic (exact) mass is 346 g/mol. The number of ether oxygens (including phenoxy) is 1. The summed E-state index contributed by atoms with van der Waals surface area (Å²) in [4.78, 5) is 26.0. The first-order chi connectivity index (χ1) is 11.9. The molecule has 2 N–H and O–H groups in total. The summed E-state index contributed by atoms with van der Waals surface area (Å²) in [7, 11) is 0. The van der Waals surface area contributed by atoms with Crippen molar-refractivity contribution in [1.82, 2.24) is 10.2 Å². The van der Waals surface area contributed by atoms with Crippen LogP contribution in [0.3, 0.4) is 0 Å². The van der Waals surface area contributed by atoms with E-state index in [4.69, 9.17) is 4.74 Å². The maximum atomic E-state index is 12.7. The van der Waals surface area contributed by atoms with Crippen LogP contribution >= 0.6 is 0 Å². The molecule has 2 fully saturated rings. The molecule has 25 heavy (non-hydrogen) atoms. The summed E-state index contributed by atoms with van der Waals surface area (Å²) in [6.07, 6.45) is 3.42. The highest BCUT2D eigenvalue weighted by Crippen LogP contribution is 2.33. The van der Waals surface area contributed by atoms with Gasteiger partial charge in [0, 0.05) is 0 Å². The molecule has 0 aromatic heterocycles. The van der Waals surface area contributed by atoms with Gasteiger partial charge in [0.05, 0.1) is 6.54 Å². The van der Waals surface area contributed by atoms with Crippen molar-refractivity contribution in [3.8, 4) is 5.75 Å². The van der Waals surface area contributed by atoms with Crippen LogP contribution in [0.5, 0.6) is 5.75 Å². The van der Waals surface area contributed by atoms with Crippen LogP contribution in [0.2, 0.25) is 0 Å². The lowest BCUT2D eigenvalue weighted by Crippen LogP contribution is -2.48. The van der Waals surface area contributed by atoms with E-state index < -0.39 is 17.7 Å². The van der Waals surface area contributed by atoms with E-state index in [0.29, 0.717) is 18.6 Å². The molecule has 3 rings (SSSR count). The first-order valence-electron chi connectivity index (χ1n) is 8.93. The first-order valence-corrected chi connectivity index (χ1v) is 8.93. The fraction of sp³-hybridized carbons (Fsp3) is 0.579. The van der Waals surface area contributed by atoms with Crippen molar-refractivity contribution >= 4 is 11.9 Å². The molecule has 1 aromatic carbocycles. The summed E-state index contributed by atoms with van der Waals surface area (Å²) in [5, 5.41) is 13.1. The number of aliphatic hydroxyl groups is 1. The second-order valence-electron chi connectivity index (χ2n) is 7.22. The van der Waals surface area contributed by atoms with Crippen molar-refractivity contribution in [2.24, 2.45) is 0 Å². The van der Waals surface area contributed by atoms with E-state index in [-0.39, 0.29) is 19.1 Å². The van der Waals surface area contributed by atoms with Gasteiger partial charge < -0.3 is 15.2 Å². The molecule has 1 saturated carbocycles. The van der Waals surface area contributed by atoms with Crippen LogP contribution in [-0.2, 0) is 4.79 Å². The Bertz CT molecular complexity index is 667. The number of amides is 3. The van der Waals surface area contributed by atoms with Crippen LogP contribution in [0.15, 0.2) is 18.2 Å². The normalized spacial score (nSPS) is 20.7. The molecule has 1 atom stereocenters. The van der Waals surface area contributed by atoms with E-state index in [1.54, 1.807) is 0 Å². The van der Waals surface area contributed by atoms with E-state index in [0.717, 1.165) is 35.3 Å². The van der Waals surface area contributed by atoms with Gasteiger partial charge in [-0.1, -0.05) is 31.4 Å². The third-order valence-corrected chi connectivity index (χ3v) is 5.12. The number of hydrogen-bond acceptors (Lipinski definition) is 4. The number of rotatable bonds is 5. The zero-order valence-corrected chi connectivity index (χ0v) is 14.9. The number of benzene rings is 1. The lowest BCUT2D eigenvalue weighted by atomic mass is 9.82. The molecule has 0 unspecified atom stereocenters. The zero-order chi connectivity index (χ0) is 18.0. The Balaban J connectivity index is 1.59. The molecule has 1 aliphatic heterocycles. The summed E-state index contributed by atoms with van der Waals surface area (Å²) >= 11 is 0. The van der Waals surface area contributed by atoms with E-state index in [9.17, 15) is 14.7 Å². The number of hydrogen-bond donors (Lipinski definition) is 2. The molecular formula is C19H26N2O4. The maximum Gasteiger partial charge on any atom is 0.325 e. The first kappa shape index (κ1) is 17.7. The predicted octanol–water partition coefficient (Wildman–Crippen LogP) is 2.30. The maximum absolute atomic E-state index is 12.7. The van der Waals surface area contributed by atoms with Crippen molar-refractivity contribution in [2.45, 2.75) is 57.6 Å². The molecule has 6 heteroatoms. The number of β-amino-alcohol motifs (C(OH)–C–C–N with tert-alkyl or cyclic N) is 1. The molecule has 6 nitrogen and oxygen atoms in total. The molecule has 1 heterocycles. The lowest BCUT2D eigenvalue weighted by Gasteiger charge is -2.30. The largest absolute Gasteiger partial charge is 0.491 e. The van der Waals surface area contributed by atoms with Crippen molar-refractivity contribution < 1.29 is 19.4 Å². The molecule has 1 saturated heterocycles. The van der Waals surface area contributed by atoms with E-state index in [2.05, 4.69) is 5.32 Å². The molecule has 0 radical (unpaired) electrons. The molecule has 1 spiro atoms. The van der Waals surface area contributed by atoms with E-state index in [1.165, 1.54) is 0 Å². The number of carbonyl (C=O) groups excluding carboxylic acids is 2. The van der Waals surface area contributed by atoms with Gasteiger partial charge in [-0.25, -0.2) is 4.79 Å². The Labute approximate surface area is 148 Å². The van der Waals surface area contributed by atoms with Gasteiger partial charge in [0.15, 0.2) is 0 Å². The summed E-state index contributed by atoms with van der Waals surface area (Å²) in [5.74, 6) is 0.503. The molecular weight excluding hydrogens is 320 g/mol. The minimum Gasteiger partial charge on any atom is -0.491 e. The van der Waals surface area contributed by atoms with Gasteiger partial charge in [-0.2, -0.15) is 0 Å². The quantitative estimate of drug-likeness (QED) is 0.802. The summed E-state index contributed by atoms with van der Waals surface area (Å²) in [5.41, 5.74) is 1.31. The van der Waals surface area contributed by atoms with Gasteiger partial charge in [0.1, 0.15) is 24.0 Å². The minimum atomic E-state index is -0.923. The number of carbonyl (C=O) groups is 2. The molecule has 1 aromatic rings. The van der Waals surface area contributed by atoms with Gasteiger partial charge in [-0.05, 0) is 43.9 Å². The van der Waals surface area contributed by atoms with Crippen LogP contribution in [0, 0.1) is 13.8 Å². The summed E-state index contributed by atoms with van der Waals surface area (Å²) in [6, 6.07) is 5.46. The van der Waals surface area contributed by atoms with E-state index >= 15 is 0 Å². The fourth-order valence-corrected chi connectivity index (χ4v) is 3.65. The third-order valence-electron chi connectivity index (χ3n) is 5.12. The highest BCUT2D eigenvalue weighted by molar-refractivity contribution is 6.07. The van der Waals surface area contributed by atoms with Crippen LogP contribution in [-0.4, -0.2) is 46.7 Å². The Kier molecular flexibility index (Phi) is 4.99. The lowest BCUT2D eigenvalue weighted by molar-refractivity contribution is -0.133. The molecule has 3 amide bonds. The van der Waals surface area contributed by atoms with Crippen LogP contribution < -0.4 is 10.1 Å². The number of imide groups is 1. The smallest absolute Gasteiger partial charge is 0.325 e. The Morgan fingerprint density at radius 2 is 1.96 bits per heavy atom. The van der Waals surface area contributed by atoms with E-state index in [1.807, 2.05) is 32.0 Å². The van der Waals surface area contributed by atoms with Crippen molar-refractivity contribution in [3.63, 3.8) is 0 Å². The average molecular weight is 346 g/mol. The topological polar surface area (TPSA) is 78.9 Å². The second-order valence-corrected chi connectivity index (χ2v) is 7.22. The number of nitrogens with one attached hydrogen (secondary N) is 1. The van der Waals surface area contributed by atoms with Gasteiger partial charge in [0.25, 0.3) is 5.91 Å². The van der Waals surface area contributed by atoms with Crippen molar-refractivity contribution in [3.05, 3.63) is 29.3 Å². The molecule has 136 valence electrons. The minimum absolute atomic E-state index is 0.0361. The SMILES string of the molecule is Cc1ccc(C)c(OC[C@H](O)CN2C(=O)NC3(CCCCC3)C2=O)c1. The number of aliphatic hydroxyl groups excluding tert-OH is 1. The Hall–Kier alpha value is -2.08. The molecule has 2 aliphatic rings. The highest BCUT2D eigenvalue weighted by Gasteiger charge is 2.51. The highest BCUT2D eigenvalue weighted by atomic mass is 16.5. The van der Waals surface area contributed by atoms with Gasteiger partial charge >= 0.3 is 6.03 Å². The Morgan fingerprint density at radius 1 is 1.24 bits per heavy atom. The van der Waals surface area contributed by atoms with Gasteiger partial charge in [-0.15, -0.1) is 0 Å². The third kappa shape index (κ3) is 3.63.